The van der Waals surface area contributed by atoms with Gasteiger partial charge in [0.1, 0.15) is 4.90 Å². The maximum Gasteiger partial charge on any atom is 0.349 e. The number of alkyl halides is 2. The van der Waals surface area contributed by atoms with Crippen LogP contribution in [0.5, 0.6) is 17.4 Å². The van der Waals surface area contributed by atoms with Gasteiger partial charge in [0.2, 0.25) is 21.7 Å². The Morgan fingerprint density at radius 2 is 1.84 bits per heavy atom. The molecule has 1 aromatic carbocycles. The molecule has 0 aliphatic heterocycles. The number of rotatable bonds is 7. The van der Waals surface area contributed by atoms with E-state index in [1.165, 1.54) is 0 Å². The highest BCUT2D eigenvalue weighted by atomic mass is 35.5. The van der Waals surface area contributed by atoms with Gasteiger partial charge in [-0.2, -0.15) is 9.78 Å². The Kier molecular flexibility index (Phi) is 7.07. The van der Waals surface area contributed by atoms with Crippen LogP contribution in [0.4, 0.5) is 8.78 Å². The van der Waals surface area contributed by atoms with Crippen molar-refractivity contribution in [2.45, 2.75) is 35.7 Å². The minimum atomic E-state index is -4.22. The molecule has 2 heterocycles. The number of aliphatic hydroxyl groups is 1. The molecule has 37 heavy (non-hydrogen) atoms. The van der Waals surface area contributed by atoms with Gasteiger partial charge in [-0.25, -0.2) is 31.7 Å². The Labute approximate surface area is 217 Å². The number of sulfonamides is 1. The predicted molar refractivity (Wildman–Crippen MR) is 125 cm³/mol. The normalized spacial score (nSPS) is 17.9. The fourth-order valence-corrected chi connectivity index (χ4v) is 5.21. The van der Waals surface area contributed by atoms with Crippen molar-refractivity contribution < 1.29 is 32.1 Å². The number of hydrogen-bond donors (Lipinski definition) is 4. The number of hydrogen-bond acceptors (Lipinski definition) is 9. The number of ether oxygens (including phenoxy) is 1. The van der Waals surface area contributed by atoms with E-state index in [2.05, 4.69) is 22.7 Å². The summed E-state index contributed by atoms with van der Waals surface area (Å²) in [6.07, 6.45) is 0.617. The zero-order chi connectivity index (χ0) is 27.3. The minimum Gasteiger partial charge on any atom is -0.505 e. The van der Waals surface area contributed by atoms with Crippen molar-refractivity contribution >= 4 is 41.1 Å². The Balaban J connectivity index is 1.67. The zero-order valence-electron chi connectivity index (χ0n) is 18.2. The number of pyridine rings is 1. The van der Waals surface area contributed by atoms with E-state index in [0.29, 0.717) is 4.68 Å². The van der Waals surface area contributed by atoms with Gasteiger partial charge in [-0.05, 0) is 25.0 Å². The molecule has 4 rings (SSSR count). The molecule has 12 nitrogen and oxygen atoms in total. The molecule has 1 aliphatic rings. The summed E-state index contributed by atoms with van der Waals surface area (Å²) < 4.78 is 60.5. The van der Waals surface area contributed by atoms with Gasteiger partial charge >= 0.3 is 5.69 Å². The molecule has 0 amide bonds. The molecule has 0 unspecified atom stereocenters. The van der Waals surface area contributed by atoms with Crippen LogP contribution < -0.4 is 20.7 Å². The third-order valence-electron chi connectivity index (χ3n) is 5.12. The molecular formula is C19H14BCl2F2N5O7S. The molecule has 0 atom stereocenters. The van der Waals surface area contributed by atoms with Crippen molar-refractivity contribution in [2.75, 3.05) is 0 Å². The van der Waals surface area contributed by atoms with Crippen molar-refractivity contribution in [1.82, 2.24) is 24.5 Å². The smallest absolute Gasteiger partial charge is 0.349 e. The van der Waals surface area contributed by atoms with Gasteiger partial charge in [0.15, 0.2) is 25.0 Å². The molecule has 194 valence electrons. The summed E-state index contributed by atoms with van der Waals surface area (Å²) >= 11 is 12.4. The zero-order valence-corrected chi connectivity index (χ0v) is 20.5. The lowest BCUT2D eigenvalue weighted by atomic mass is 9.91. The van der Waals surface area contributed by atoms with Gasteiger partial charge in [0, 0.05) is 12.1 Å². The molecule has 1 aliphatic carbocycles. The summed E-state index contributed by atoms with van der Waals surface area (Å²) in [7, 11) is 0.415. The standard InChI is InChI=1S/C19H14BCl2F2N5O7S/c20-19(23,24)16-17(32)26-18(33)29(27-16)8-3-10(21)15(11(22)4-8)36-14-5-13(12(31)6-25-14)37(34,35)28-7-1-9(30)2-7/h3-7,9,28,30-31H,1-2H2,(H,26,32,33). The Morgan fingerprint density at radius 1 is 1.22 bits per heavy atom. The average molecular weight is 576 g/mol. The monoisotopic (exact) mass is 575 g/mol. The quantitative estimate of drug-likeness (QED) is 0.301. The van der Waals surface area contributed by atoms with Crippen LogP contribution in [0.15, 0.2) is 38.9 Å². The van der Waals surface area contributed by atoms with Gasteiger partial charge in [0.05, 0.1) is 28.0 Å². The first-order chi connectivity index (χ1) is 17.2. The third-order valence-corrected chi connectivity index (χ3v) is 7.23. The van der Waals surface area contributed by atoms with Crippen LogP contribution in [-0.2, 0) is 15.8 Å². The number of benzene rings is 1. The summed E-state index contributed by atoms with van der Waals surface area (Å²) in [5.41, 5.74) is -4.37. The second-order valence-corrected chi connectivity index (χ2v) is 10.4. The SMILES string of the molecule is [B]C(F)(F)c1nn(-c2cc(Cl)c(Oc3cc(S(=O)(=O)NC4CC(O)C4)c(O)cn3)c(Cl)c2)c(=O)[nH]c1=O. The van der Waals surface area contributed by atoms with Crippen LogP contribution in [0.2, 0.25) is 10.0 Å². The van der Waals surface area contributed by atoms with E-state index in [4.69, 9.17) is 27.9 Å². The average Bonchev–Trinajstić information content (AvgIpc) is 2.75. The number of nitrogens with zero attached hydrogens (tertiary/aromatic N) is 3. The Morgan fingerprint density at radius 3 is 2.41 bits per heavy atom. The van der Waals surface area contributed by atoms with Crippen molar-refractivity contribution in [2.24, 2.45) is 0 Å². The van der Waals surface area contributed by atoms with E-state index < -0.39 is 55.6 Å². The number of aromatic amines is 1. The predicted octanol–water partition coefficient (Wildman–Crippen LogP) is 1.14. The van der Waals surface area contributed by atoms with Crippen LogP contribution in [0.3, 0.4) is 0 Å². The maximum absolute atomic E-state index is 13.5. The number of nitrogens with one attached hydrogen (secondary N) is 2. The van der Waals surface area contributed by atoms with E-state index >= 15 is 0 Å². The molecule has 4 N–H and O–H groups in total. The molecule has 0 spiro atoms. The molecule has 0 bridgehead atoms. The number of aromatic hydroxyl groups is 1. The summed E-state index contributed by atoms with van der Waals surface area (Å²) in [4.78, 5) is 28.6. The first kappa shape index (κ1) is 27.0. The highest BCUT2D eigenvalue weighted by molar-refractivity contribution is 7.89. The first-order valence-corrected chi connectivity index (χ1v) is 12.4. The molecule has 2 radical (unpaired) electrons. The van der Waals surface area contributed by atoms with Gasteiger partial charge in [0.25, 0.3) is 5.56 Å². The fourth-order valence-electron chi connectivity index (χ4n) is 3.31. The Bertz CT molecular complexity index is 1580. The second kappa shape index (κ2) is 9.68. The van der Waals surface area contributed by atoms with Gasteiger partial charge in [-0.15, -0.1) is 0 Å². The number of halogens is 4. The molecule has 2 aromatic heterocycles. The molecule has 1 saturated carbocycles. The molecule has 1 fully saturated rings. The Hall–Kier alpha value is -3.05. The molecule has 3 aromatic rings. The van der Waals surface area contributed by atoms with Crippen molar-refractivity contribution in [3.63, 3.8) is 0 Å². The topological polar surface area (TPSA) is 176 Å². The van der Waals surface area contributed by atoms with E-state index in [1.807, 2.05) is 0 Å². The summed E-state index contributed by atoms with van der Waals surface area (Å²) in [5.74, 6) is -5.46. The van der Waals surface area contributed by atoms with Crippen LogP contribution in [0, 0.1) is 0 Å². The third kappa shape index (κ3) is 5.62. The number of aliphatic hydroxyl groups excluding tert-OH is 1. The van der Waals surface area contributed by atoms with E-state index in [0.717, 1.165) is 24.4 Å². The highest BCUT2D eigenvalue weighted by Crippen LogP contribution is 2.39. The number of H-pyrrole nitrogens is 1. The first-order valence-electron chi connectivity index (χ1n) is 10.1. The number of aromatic nitrogens is 4. The molecule has 18 heteroatoms. The van der Waals surface area contributed by atoms with Crippen molar-refractivity contribution in [1.29, 1.82) is 0 Å². The summed E-state index contributed by atoms with van der Waals surface area (Å²) in [6.45, 7) is 0. The largest absolute Gasteiger partial charge is 0.505 e. The molecule has 0 saturated heterocycles. The minimum absolute atomic E-state index is 0.212. The van der Waals surface area contributed by atoms with Crippen LogP contribution in [0.25, 0.3) is 5.69 Å². The lowest BCUT2D eigenvalue weighted by Crippen LogP contribution is -2.46. The summed E-state index contributed by atoms with van der Waals surface area (Å²) in [6, 6.07) is 2.46. The van der Waals surface area contributed by atoms with Crippen LogP contribution in [-0.4, -0.2) is 58.4 Å². The lowest BCUT2D eigenvalue weighted by molar-refractivity contribution is 0.0711. The van der Waals surface area contributed by atoms with Crippen molar-refractivity contribution in [3.8, 4) is 23.1 Å². The lowest BCUT2D eigenvalue weighted by Gasteiger charge is -2.31. The van der Waals surface area contributed by atoms with Gasteiger partial charge < -0.3 is 14.9 Å². The summed E-state index contributed by atoms with van der Waals surface area (Å²) in [5, 5.41) is 22.1. The maximum atomic E-state index is 13.5. The fraction of sp³-hybridized carbons (Fsp3) is 0.263. The van der Waals surface area contributed by atoms with E-state index in [-0.39, 0.29) is 40.2 Å². The van der Waals surface area contributed by atoms with Crippen LogP contribution in [0.1, 0.15) is 18.5 Å². The van der Waals surface area contributed by atoms with Gasteiger partial charge in [-0.3, -0.25) is 9.78 Å². The van der Waals surface area contributed by atoms with Crippen LogP contribution >= 0.6 is 23.2 Å². The van der Waals surface area contributed by atoms with E-state index in [1.54, 1.807) is 4.98 Å². The van der Waals surface area contributed by atoms with Crippen molar-refractivity contribution in [3.05, 3.63) is 61.0 Å². The second-order valence-electron chi connectivity index (χ2n) is 7.92. The highest BCUT2D eigenvalue weighted by Gasteiger charge is 2.33. The van der Waals surface area contributed by atoms with E-state index in [9.17, 15) is 37.0 Å². The van der Waals surface area contributed by atoms with Gasteiger partial charge in [-0.1, -0.05) is 23.2 Å². The molecular weight excluding hydrogens is 562 g/mol.